The number of para-hydroxylation sites is 2. The molecule has 8 heteroatoms. The van der Waals surface area contributed by atoms with Gasteiger partial charge in [0, 0.05) is 43.5 Å². The molecule has 2 aromatic rings. The van der Waals surface area contributed by atoms with Crippen LogP contribution in [0.5, 0.6) is 0 Å². The third kappa shape index (κ3) is 4.78. The number of rotatable bonds is 6. The van der Waals surface area contributed by atoms with Gasteiger partial charge in [0.1, 0.15) is 5.69 Å². The van der Waals surface area contributed by atoms with Crippen LogP contribution in [0.2, 0.25) is 0 Å². The van der Waals surface area contributed by atoms with E-state index in [-0.39, 0.29) is 23.1 Å². The molecule has 0 unspecified atom stereocenters. The van der Waals surface area contributed by atoms with Gasteiger partial charge in [-0.3, -0.25) is 24.6 Å². The molecule has 0 aliphatic carbocycles. The smallest absolute Gasteiger partial charge is 0.292 e. The van der Waals surface area contributed by atoms with E-state index >= 15 is 0 Å². The van der Waals surface area contributed by atoms with Crippen LogP contribution in [0.4, 0.5) is 17.1 Å². The Balaban J connectivity index is 1.58. The van der Waals surface area contributed by atoms with Crippen molar-refractivity contribution in [2.24, 2.45) is 0 Å². The first-order valence-electron chi connectivity index (χ1n) is 9.51. The lowest BCUT2D eigenvalue weighted by molar-refractivity contribution is -0.383. The lowest BCUT2D eigenvalue weighted by atomic mass is 10.1. The third-order valence-corrected chi connectivity index (χ3v) is 5.24. The second-order valence-corrected chi connectivity index (χ2v) is 7.07. The van der Waals surface area contributed by atoms with E-state index in [0.29, 0.717) is 18.7 Å². The van der Waals surface area contributed by atoms with Gasteiger partial charge in [-0.1, -0.05) is 12.1 Å². The standard InChI is InChI=1S/C21H24N4O4/c1-15(21(27)22-19-5-3-4-6-20(19)25(28)29)23-11-13-24(14-12-23)18-9-7-17(8-10-18)16(2)26/h3-10,15H,11-14H2,1-2H3,(H,22,27)/t15-/m0/s1. The molecule has 0 bridgehead atoms. The molecule has 0 radical (unpaired) electrons. The van der Waals surface area contributed by atoms with Gasteiger partial charge in [-0.2, -0.15) is 0 Å². The zero-order valence-corrected chi connectivity index (χ0v) is 16.5. The van der Waals surface area contributed by atoms with Crippen molar-refractivity contribution in [3.63, 3.8) is 0 Å². The largest absolute Gasteiger partial charge is 0.369 e. The number of benzene rings is 2. The Bertz CT molecular complexity index is 905. The molecule has 1 aliphatic heterocycles. The molecule has 1 atom stereocenters. The Morgan fingerprint density at radius 3 is 2.24 bits per heavy atom. The molecule has 8 nitrogen and oxygen atoms in total. The Kier molecular flexibility index (Phi) is 6.23. The van der Waals surface area contributed by atoms with Gasteiger partial charge < -0.3 is 10.2 Å². The number of anilines is 2. The summed E-state index contributed by atoms with van der Waals surface area (Å²) in [7, 11) is 0. The van der Waals surface area contributed by atoms with Crippen LogP contribution in [-0.4, -0.2) is 53.7 Å². The van der Waals surface area contributed by atoms with Crippen LogP contribution in [0.3, 0.4) is 0 Å². The van der Waals surface area contributed by atoms with Gasteiger partial charge >= 0.3 is 0 Å². The minimum atomic E-state index is -0.504. The fourth-order valence-corrected chi connectivity index (χ4v) is 3.42. The fourth-order valence-electron chi connectivity index (χ4n) is 3.42. The minimum Gasteiger partial charge on any atom is -0.369 e. The summed E-state index contributed by atoms with van der Waals surface area (Å²) in [6.45, 7) is 6.25. The molecule has 0 aromatic heterocycles. The quantitative estimate of drug-likeness (QED) is 0.458. The molecule has 1 saturated heterocycles. The molecule has 29 heavy (non-hydrogen) atoms. The molecular formula is C21H24N4O4. The maximum atomic E-state index is 12.6. The number of carbonyl (C=O) groups excluding carboxylic acids is 2. The topological polar surface area (TPSA) is 95.8 Å². The molecule has 1 aliphatic rings. The van der Waals surface area contributed by atoms with Gasteiger partial charge in [0.15, 0.2) is 5.78 Å². The van der Waals surface area contributed by atoms with E-state index in [0.717, 1.165) is 18.8 Å². The van der Waals surface area contributed by atoms with E-state index in [9.17, 15) is 19.7 Å². The molecule has 3 rings (SSSR count). The van der Waals surface area contributed by atoms with Gasteiger partial charge in [-0.25, -0.2) is 0 Å². The maximum Gasteiger partial charge on any atom is 0.292 e. The maximum absolute atomic E-state index is 12.6. The SMILES string of the molecule is CC(=O)c1ccc(N2CCN([C@@H](C)C(=O)Nc3ccccc3[N+](=O)[O-])CC2)cc1. The van der Waals surface area contributed by atoms with Crippen molar-refractivity contribution in [3.8, 4) is 0 Å². The average molecular weight is 396 g/mol. The summed E-state index contributed by atoms with van der Waals surface area (Å²) >= 11 is 0. The highest BCUT2D eigenvalue weighted by molar-refractivity contribution is 5.96. The normalized spacial score (nSPS) is 15.6. The number of nitro benzene ring substituents is 1. The lowest BCUT2D eigenvalue weighted by Crippen LogP contribution is -2.52. The summed E-state index contributed by atoms with van der Waals surface area (Å²) < 4.78 is 0. The van der Waals surface area contributed by atoms with Crippen LogP contribution in [-0.2, 0) is 4.79 Å². The van der Waals surface area contributed by atoms with E-state index in [1.165, 1.54) is 12.1 Å². The average Bonchev–Trinajstić information content (AvgIpc) is 2.73. The first kappa shape index (κ1) is 20.5. The first-order chi connectivity index (χ1) is 13.9. The van der Waals surface area contributed by atoms with E-state index < -0.39 is 11.0 Å². The summed E-state index contributed by atoms with van der Waals surface area (Å²) in [6, 6.07) is 13.3. The molecule has 0 saturated carbocycles. The summed E-state index contributed by atoms with van der Waals surface area (Å²) in [5, 5.41) is 13.8. The zero-order chi connectivity index (χ0) is 21.0. The van der Waals surface area contributed by atoms with Crippen molar-refractivity contribution in [1.82, 2.24) is 4.90 Å². The van der Waals surface area contributed by atoms with E-state index in [2.05, 4.69) is 15.1 Å². The van der Waals surface area contributed by atoms with E-state index in [1.54, 1.807) is 26.0 Å². The number of nitrogens with one attached hydrogen (secondary N) is 1. The Hall–Kier alpha value is -3.26. The van der Waals surface area contributed by atoms with Crippen molar-refractivity contribution in [1.29, 1.82) is 0 Å². The van der Waals surface area contributed by atoms with Gasteiger partial charge in [-0.15, -0.1) is 0 Å². The van der Waals surface area contributed by atoms with Crippen LogP contribution in [0.1, 0.15) is 24.2 Å². The summed E-state index contributed by atoms with van der Waals surface area (Å²) in [5.41, 5.74) is 1.82. The number of hydrogen-bond acceptors (Lipinski definition) is 6. The molecule has 1 N–H and O–H groups in total. The lowest BCUT2D eigenvalue weighted by Gasteiger charge is -2.38. The molecule has 2 aromatic carbocycles. The van der Waals surface area contributed by atoms with Crippen LogP contribution >= 0.6 is 0 Å². The number of nitrogens with zero attached hydrogens (tertiary/aromatic N) is 3. The molecular weight excluding hydrogens is 372 g/mol. The number of amides is 1. The fraction of sp³-hybridized carbons (Fsp3) is 0.333. The molecule has 1 heterocycles. The minimum absolute atomic E-state index is 0.0415. The van der Waals surface area contributed by atoms with Crippen molar-refractivity contribution in [2.75, 3.05) is 36.4 Å². The Morgan fingerprint density at radius 2 is 1.66 bits per heavy atom. The first-order valence-corrected chi connectivity index (χ1v) is 9.51. The second kappa shape index (κ2) is 8.83. The van der Waals surface area contributed by atoms with Crippen molar-refractivity contribution < 1.29 is 14.5 Å². The Labute approximate surface area is 169 Å². The predicted octanol–water partition coefficient (Wildman–Crippen LogP) is 2.95. The number of piperazine rings is 1. The second-order valence-electron chi connectivity index (χ2n) is 7.07. The number of Topliss-reactive ketones (excluding diaryl/α,β-unsaturated/α-hetero) is 1. The van der Waals surface area contributed by atoms with Gasteiger partial charge in [0.25, 0.3) is 5.69 Å². The molecule has 152 valence electrons. The van der Waals surface area contributed by atoms with Crippen LogP contribution in [0.25, 0.3) is 0 Å². The summed E-state index contributed by atoms with van der Waals surface area (Å²) in [4.78, 5) is 38.9. The summed E-state index contributed by atoms with van der Waals surface area (Å²) in [6.07, 6.45) is 0. The number of nitro groups is 1. The third-order valence-electron chi connectivity index (χ3n) is 5.24. The van der Waals surface area contributed by atoms with Crippen LogP contribution in [0, 0.1) is 10.1 Å². The number of hydrogen-bond donors (Lipinski definition) is 1. The van der Waals surface area contributed by atoms with Gasteiger partial charge in [-0.05, 0) is 44.2 Å². The van der Waals surface area contributed by atoms with Gasteiger partial charge in [0.05, 0.1) is 11.0 Å². The van der Waals surface area contributed by atoms with Crippen molar-refractivity contribution >= 4 is 28.8 Å². The monoisotopic (exact) mass is 396 g/mol. The Morgan fingerprint density at radius 1 is 1.03 bits per heavy atom. The zero-order valence-electron chi connectivity index (χ0n) is 16.5. The summed E-state index contributed by atoms with van der Waals surface area (Å²) in [5.74, 6) is -0.224. The van der Waals surface area contributed by atoms with Crippen molar-refractivity contribution in [3.05, 3.63) is 64.2 Å². The highest BCUT2D eigenvalue weighted by Gasteiger charge is 2.27. The predicted molar refractivity (Wildman–Crippen MR) is 111 cm³/mol. The molecule has 0 spiro atoms. The van der Waals surface area contributed by atoms with Crippen LogP contribution in [0.15, 0.2) is 48.5 Å². The molecule has 1 amide bonds. The van der Waals surface area contributed by atoms with E-state index in [4.69, 9.17) is 0 Å². The van der Waals surface area contributed by atoms with Gasteiger partial charge in [0.2, 0.25) is 5.91 Å². The number of carbonyl (C=O) groups is 2. The van der Waals surface area contributed by atoms with E-state index in [1.807, 2.05) is 24.3 Å². The molecule has 1 fully saturated rings. The number of ketones is 1. The highest BCUT2D eigenvalue weighted by Crippen LogP contribution is 2.24. The highest BCUT2D eigenvalue weighted by atomic mass is 16.6. The van der Waals surface area contributed by atoms with Crippen LogP contribution < -0.4 is 10.2 Å². The van der Waals surface area contributed by atoms with Crippen molar-refractivity contribution in [2.45, 2.75) is 19.9 Å².